The molecule has 8 heteroatoms. The van der Waals surface area contributed by atoms with Crippen molar-refractivity contribution in [3.63, 3.8) is 0 Å². The lowest BCUT2D eigenvalue weighted by atomic mass is 10.2. The summed E-state index contributed by atoms with van der Waals surface area (Å²) in [6, 6.07) is 1.51. The minimum atomic E-state index is -3.48. The Morgan fingerprint density at radius 2 is 2.05 bits per heavy atom. The molecular weight excluding hydrogens is 348 g/mol. The van der Waals surface area contributed by atoms with Gasteiger partial charge in [-0.2, -0.15) is 0 Å². The second-order valence-electron chi connectivity index (χ2n) is 4.68. The smallest absolute Gasteiger partial charge is 0.244 e. The van der Waals surface area contributed by atoms with Crippen molar-refractivity contribution >= 4 is 26.0 Å². The quantitative estimate of drug-likeness (QED) is 0.812. The van der Waals surface area contributed by atoms with E-state index in [0.29, 0.717) is 23.6 Å². The zero-order valence-corrected chi connectivity index (χ0v) is 13.8. The molecule has 0 spiro atoms. The van der Waals surface area contributed by atoms with E-state index >= 15 is 0 Å². The first-order valence-corrected chi connectivity index (χ1v) is 8.47. The molecular formula is C12H17BrN2O4S. The first-order valence-electron chi connectivity index (χ1n) is 6.23. The molecule has 1 aliphatic heterocycles. The summed E-state index contributed by atoms with van der Waals surface area (Å²) in [4.78, 5) is 4.24. The van der Waals surface area contributed by atoms with E-state index in [1.165, 1.54) is 26.4 Å². The molecule has 1 aromatic rings. The van der Waals surface area contributed by atoms with Crippen LogP contribution in [0, 0.1) is 0 Å². The molecule has 2 rings (SSSR count). The van der Waals surface area contributed by atoms with Gasteiger partial charge in [0.15, 0.2) is 0 Å². The third-order valence-corrected chi connectivity index (χ3v) is 5.36. The molecule has 112 valence electrons. The highest BCUT2D eigenvalue weighted by Gasteiger charge is 2.21. The van der Waals surface area contributed by atoms with Gasteiger partial charge in [-0.05, 0) is 22.0 Å². The number of ether oxygens (including phenoxy) is 2. The fourth-order valence-corrected chi connectivity index (χ4v) is 3.27. The second-order valence-corrected chi connectivity index (χ2v) is 7.68. The van der Waals surface area contributed by atoms with Crippen LogP contribution in [0.25, 0.3) is 0 Å². The lowest BCUT2D eigenvalue weighted by Crippen LogP contribution is -2.26. The average molecular weight is 365 g/mol. The topological polar surface area (TPSA) is 68.7 Å². The molecule has 1 fully saturated rings. The van der Waals surface area contributed by atoms with Gasteiger partial charge >= 0.3 is 0 Å². The van der Waals surface area contributed by atoms with Crippen molar-refractivity contribution in [3.8, 4) is 5.88 Å². The summed E-state index contributed by atoms with van der Waals surface area (Å²) < 4.78 is 36.7. The van der Waals surface area contributed by atoms with Gasteiger partial charge in [0.1, 0.15) is 11.0 Å². The van der Waals surface area contributed by atoms with Crippen molar-refractivity contribution in [2.75, 3.05) is 27.3 Å². The molecule has 0 aliphatic carbocycles. The summed E-state index contributed by atoms with van der Waals surface area (Å²) in [7, 11) is -0.520. The van der Waals surface area contributed by atoms with Gasteiger partial charge in [0.2, 0.25) is 15.9 Å². The molecule has 0 atom stereocenters. The number of pyridine rings is 1. The number of rotatable bonds is 4. The van der Waals surface area contributed by atoms with Gasteiger partial charge in [0, 0.05) is 26.9 Å². The molecule has 0 radical (unpaired) electrons. The molecule has 0 saturated carbocycles. The van der Waals surface area contributed by atoms with Gasteiger partial charge in [-0.1, -0.05) is 0 Å². The van der Waals surface area contributed by atoms with Crippen LogP contribution in [0.1, 0.15) is 12.8 Å². The van der Waals surface area contributed by atoms with Crippen LogP contribution in [0.4, 0.5) is 0 Å². The van der Waals surface area contributed by atoms with E-state index < -0.39 is 10.0 Å². The fraction of sp³-hybridized carbons (Fsp3) is 0.583. The predicted octanol–water partition coefficient (Wildman–Crippen LogP) is 1.65. The van der Waals surface area contributed by atoms with E-state index in [0.717, 1.165) is 17.1 Å². The summed E-state index contributed by atoms with van der Waals surface area (Å²) in [5, 5.41) is 0. The Labute approximate surface area is 127 Å². The molecule has 6 nitrogen and oxygen atoms in total. The standard InChI is InChI=1S/C12H17BrN2O4S/c1-15(2)20(16,17)10-7-11(13)12(14-8-10)19-9-3-5-18-6-4-9/h7-9H,3-6H2,1-2H3. The first-order chi connectivity index (χ1) is 9.41. The number of halogens is 1. The van der Waals surface area contributed by atoms with Crippen molar-refractivity contribution in [3.05, 3.63) is 16.7 Å². The first kappa shape index (κ1) is 15.7. The lowest BCUT2D eigenvalue weighted by Gasteiger charge is -2.23. The van der Waals surface area contributed by atoms with Crippen LogP contribution in [-0.2, 0) is 14.8 Å². The van der Waals surface area contributed by atoms with E-state index in [-0.39, 0.29) is 11.0 Å². The van der Waals surface area contributed by atoms with Crippen LogP contribution in [0.2, 0.25) is 0 Å². The van der Waals surface area contributed by atoms with Crippen LogP contribution < -0.4 is 4.74 Å². The minimum Gasteiger partial charge on any atom is -0.473 e. The maximum Gasteiger partial charge on any atom is 0.244 e. The van der Waals surface area contributed by atoms with Gasteiger partial charge in [0.05, 0.1) is 23.9 Å². The summed E-state index contributed by atoms with van der Waals surface area (Å²) in [6.45, 7) is 1.35. The number of aromatic nitrogens is 1. The SMILES string of the molecule is CN(C)S(=O)(=O)c1cnc(OC2CCOCC2)c(Br)c1. The Hall–Kier alpha value is -0.700. The normalized spacial score (nSPS) is 17.4. The average Bonchev–Trinajstić information content (AvgIpc) is 2.42. The summed E-state index contributed by atoms with van der Waals surface area (Å²) >= 11 is 3.31. The van der Waals surface area contributed by atoms with E-state index in [2.05, 4.69) is 20.9 Å². The summed E-state index contributed by atoms with van der Waals surface area (Å²) in [5.74, 6) is 0.412. The highest BCUT2D eigenvalue weighted by atomic mass is 79.9. The van der Waals surface area contributed by atoms with E-state index in [1.54, 1.807) is 0 Å². The van der Waals surface area contributed by atoms with Crippen LogP contribution in [0.5, 0.6) is 5.88 Å². The molecule has 0 amide bonds. The van der Waals surface area contributed by atoms with E-state index in [1.807, 2.05) is 0 Å². The zero-order valence-electron chi connectivity index (χ0n) is 11.4. The molecule has 0 aromatic carbocycles. The molecule has 1 aromatic heterocycles. The Bertz CT molecular complexity index is 571. The van der Waals surface area contributed by atoms with Gasteiger partial charge < -0.3 is 9.47 Å². The molecule has 0 unspecified atom stereocenters. The highest BCUT2D eigenvalue weighted by molar-refractivity contribution is 9.10. The Morgan fingerprint density at radius 1 is 1.40 bits per heavy atom. The van der Waals surface area contributed by atoms with E-state index in [9.17, 15) is 8.42 Å². The molecule has 1 saturated heterocycles. The number of nitrogens with zero attached hydrogens (tertiary/aromatic N) is 2. The van der Waals surface area contributed by atoms with Crippen molar-refractivity contribution in [2.24, 2.45) is 0 Å². The second kappa shape index (κ2) is 6.38. The maximum absolute atomic E-state index is 12.0. The van der Waals surface area contributed by atoms with Crippen molar-refractivity contribution in [1.29, 1.82) is 0 Å². The van der Waals surface area contributed by atoms with Crippen LogP contribution in [0.15, 0.2) is 21.6 Å². The Morgan fingerprint density at radius 3 is 2.60 bits per heavy atom. The third kappa shape index (κ3) is 3.49. The van der Waals surface area contributed by atoms with Crippen LogP contribution in [0.3, 0.4) is 0 Å². The predicted molar refractivity (Wildman–Crippen MR) is 77.3 cm³/mol. The zero-order chi connectivity index (χ0) is 14.8. The van der Waals surface area contributed by atoms with Gasteiger partial charge in [-0.15, -0.1) is 0 Å². The Balaban J connectivity index is 2.17. The number of sulfonamides is 1. The third-order valence-electron chi connectivity index (χ3n) is 3.01. The van der Waals surface area contributed by atoms with Gasteiger partial charge in [0.25, 0.3) is 0 Å². The van der Waals surface area contributed by atoms with Gasteiger partial charge in [-0.3, -0.25) is 0 Å². The fourth-order valence-electron chi connectivity index (χ4n) is 1.80. The molecule has 0 N–H and O–H groups in total. The van der Waals surface area contributed by atoms with Gasteiger partial charge in [-0.25, -0.2) is 17.7 Å². The summed E-state index contributed by atoms with van der Waals surface area (Å²) in [6.07, 6.45) is 3.00. The maximum atomic E-state index is 12.0. The Kier molecular flexibility index (Phi) is 5.00. The number of hydrogen-bond acceptors (Lipinski definition) is 5. The van der Waals surface area contributed by atoms with Crippen molar-refractivity contribution < 1.29 is 17.9 Å². The van der Waals surface area contributed by atoms with Crippen molar-refractivity contribution in [2.45, 2.75) is 23.8 Å². The number of hydrogen-bond donors (Lipinski definition) is 0. The molecule has 0 bridgehead atoms. The highest BCUT2D eigenvalue weighted by Crippen LogP contribution is 2.28. The lowest BCUT2D eigenvalue weighted by molar-refractivity contribution is 0.0233. The van der Waals surface area contributed by atoms with Crippen LogP contribution >= 0.6 is 15.9 Å². The van der Waals surface area contributed by atoms with Crippen molar-refractivity contribution in [1.82, 2.24) is 9.29 Å². The van der Waals surface area contributed by atoms with Crippen LogP contribution in [-0.4, -0.2) is 51.1 Å². The molecule has 1 aliphatic rings. The molecule has 20 heavy (non-hydrogen) atoms. The minimum absolute atomic E-state index is 0.0591. The summed E-state index contributed by atoms with van der Waals surface area (Å²) in [5.41, 5.74) is 0. The monoisotopic (exact) mass is 364 g/mol. The molecule has 2 heterocycles. The largest absolute Gasteiger partial charge is 0.473 e. The van der Waals surface area contributed by atoms with E-state index in [4.69, 9.17) is 9.47 Å².